The zero-order valence-corrected chi connectivity index (χ0v) is 18.7. The summed E-state index contributed by atoms with van der Waals surface area (Å²) in [4.78, 5) is 32.4. The van der Waals surface area contributed by atoms with Crippen LogP contribution in [0.2, 0.25) is 0 Å². The molecule has 1 N–H and O–H groups in total. The summed E-state index contributed by atoms with van der Waals surface area (Å²) < 4.78 is 0. The Kier molecular flexibility index (Phi) is 5.69. The first-order valence-electron chi connectivity index (χ1n) is 10.3. The molecule has 2 aliphatic rings. The minimum atomic E-state index is -0.431. The van der Waals surface area contributed by atoms with Gasteiger partial charge >= 0.3 is 0 Å². The molecule has 156 valence electrons. The number of aliphatic imine (C=N–C) groups is 1. The Hall–Kier alpha value is -2.60. The lowest BCUT2D eigenvalue weighted by Gasteiger charge is -2.15. The zero-order valence-electron chi connectivity index (χ0n) is 17.9. The smallest absolute Gasteiger partial charge is 0.242 e. The van der Waals surface area contributed by atoms with Crippen molar-refractivity contribution in [3.63, 3.8) is 0 Å². The number of aryl methyl sites for hydroxylation is 4. The number of carbonyl (C=O) groups is 2. The summed E-state index contributed by atoms with van der Waals surface area (Å²) in [7, 11) is 0. The van der Waals surface area contributed by atoms with Crippen molar-refractivity contribution in [2.75, 3.05) is 5.32 Å². The van der Waals surface area contributed by atoms with Gasteiger partial charge in [-0.05, 0) is 74.9 Å². The third-order valence-electron chi connectivity index (χ3n) is 5.43. The van der Waals surface area contributed by atoms with Gasteiger partial charge in [0.2, 0.25) is 11.8 Å². The van der Waals surface area contributed by atoms with Crippen molar-refractivity contribution in [2.45, 2.75) is 58.2 Å². The van der Waals surface area contributed by atoms with E-state index in [2.05, 4.69) is 11.4 Å². The number of hydrogen-bond donors (Lipinski definition) is 1. The molecule has 1 saturated heterocycles. The molecule has 4 rings (SSSR count). The summed E-state index contributed by atoms with van der Waals surface area (Å²) in [5.41, 5.74) is 6.02. The molecule has 0 aromatic heterocycles. The highest BCUT2D eigenvalue weighted by molar-refractivity contribution is 8.15. The predicted molar refractivity (Wildman–Crippen MR) is 123 cm³/mol. The van der Waals surface area contributed by atoms with E-state index in [4.69, 9.17) is 4.99 Å². The average Bonchev–Trinajstić information content (AvgIpc) is 3.44. The van der Waals surface area contributed by atoms with Crippen molar-refractivity contribution < 1.29 is 9.59 Å². The van der Waals surface area contributed by atoms with Gasteiger partial charge in [-0.2, -0.15) is 0 Å². The molecule has 1 atom stereocenters. The van der Waals surface area contributed by atoms with Crippen molar-refractivity contribution in [3.8, 4) is 0 Å². The molecule has 0 bridgehead atoms. The first-order chi connectivity index (χ1) is 14.3. The molecule has 0 radical (unpaired) electrons. The van der Waals surface area contributed by atoms with Crippen LogP contribution in [-0.4, -0.2) is 33.2 Å². The minimum absolute atomic E-state index is 0.00211. The highest BCUT2D eigenvalue weighted by Gasteiger charge is 2.46. The molecular formula is C24H27N3O2S. The quantitative estimate of drug-likeness (QED) is 0.735. The lowest BCUT2D eigenvalue weighted by atomic mass is 10.1. The van der Waals surface area contributed by atoms with Gasteiger partial charge in [0.15, 0.2) is 5.17 Å². The van der Waals surface area contributed by atoms with Gasteiger partial charge in [0.05, 0.1) is 5.69 Å². The number of amides is 2. The number of benzene rings is 2. The summed E-state index contributed by atoms with van der Waals surface area (Å²) in [5, 5.41) is 3.29. The Morgan fingerprint density at radius 3 is 2.33 bits per heavy atom. The Bertz CT molecular complexity index is 1000. The summed E-state index contributed by atoms with van der Waals surface area (Å²) in [6, 6.07) is 12.3. The number of rotatable bonds is 5. The third-order valence-corrected chi connectivity index (χ3v) is 6.58. The van der Waals surface area contributed by atoms with Crippen LogP contribution in [0.25, 0.3) is 0 Å². The van der Waals surface area contributed by atoms with Gasteiger partial charge in [-0.3, -0.25) is 14.5 Å². The van der Waals surface area contributed by atoms with Crippen molar-refractivity contribution in [3.05, 3.63) is 58.7 Å². The van der Waals surface area contributed by atoms with Crippen molar-refractivity contribution in [2.24, 2.45) is 4.99 Å². The molecule has 2 aromatic carbocycles. The van der Waals surface area contributed by atoms with E-state index in [1.54, 1.807) is 0 Å². The van der Waals surface area contributed by atoms with E-state index in [0.29, 0.717) is 0 Å². The molecule has 6 heteroatoms. The second-order valence-electron chi connectivity index (χ2n) is 8.31. The molecule has 2 aromatic rings. The third kappa shape index (κ3) is 4.43. The molecule has 2 amide bonds. The number of carbonyl (C=O) groups excluding carboxylic acids is 2. The summed E-state index contributed by atoms with van der Waals surface area (Å²) in [6.07, 6.45) is 2.14. The molecule has 1 unspecified atom stereocenters. The SMILES string of the molecule is Cc1cc(C)cc(N=C2SC(CC(=O)Nc3c(C)cccc3C)C(=O)N2C2CC2)c1. The molecule has 30 heavy (non-hydrogen) atoms. The Morgan fingerprint density at radius 2 is 1.73 bits per heavy atom. The van der Waals surface area contributed by atoms with Crippen LogP contribution in [-0.2, 0) is 9.59 Å². The molecule has 0 spiro atoms. The average molecular weight is 422 g/mol. The van der Waals surface area contributed by atoms with E-state index in [9.17, 15) is 9.59 Å². The van der Waals surface area contributed by atoms with E-state index in [1.165, 1.54) is 11.8 Å². The van der Waals surface area contributed by atoms with E-state index in [0.717, 1.165) is 51.6 Å². The molecule has 2 fully saturated rings. The van der Waals surface area contributed by atoms with E-state index < -0.39 is 5.25 Å². The standard InChI is InChI=1S/C24H27N3O2S/c1-14-10-15(2)12-18(11-14)25-24-27(19-8-9-19)23(29)20(30-24)13-21(28)26-22-16(3)6-5-7-17(22)4/h5-7,10-12,19-20H,8-9,13H2,1-4H3,(H,26,28). The Labute approximate surface area is 182 Å². The maximum absolute atomic E-state index is 13.1. The zero-order chi connectivity index (χ0) is 21.4. The maximum Gasteiger partial charge on any atom is 0.242 e. The first kappa shape index (κ1) is 20.7. The predicted octanol–water partition coefficient (Wildman–Crippen LogP) is 5.04. The van der Waals surface area contributed by atoms with Crippen LogP contribution in [0.15, 0.2) is 41.4 Å². The fourth-order valence-corrected chi connectivity index (χ4v) is 5.07. The van der Waals surface area contributed by atoms with Gasteiger partial charge in [0.25, 0.3) is 0 Å². The van der Waals surface area contributed by atoms with E-state index in [1.807, 2.05) is 62.9 Å². The highest BCUT2D eigenvalue weighted by atomic mass is 32.2. The largest absolute Gasteiger partial charge is 0.326 e. The van der Waals surface area contributed by atoms with Gasteiger partial charge in [-0.25, -0.2) is 4.99 Å². The normalized spacial score (nSPS) is 20.1. The number of para-hydroxylation sites is 1. The molecule has 1 aliphatic heterocycles. The van der Waals surface area contributed by atoms with Gasteiger partial charge in [0.1, 0.15) is 5.25 Å². The highest BCUT2D eigenvalue weighted by Crippen LogP contribution is 2.39. The van der Waals surface area contributed by atoms with Crippen molar-refractivity contribution in [1.29, 1.82) is 0 Å². The monoisotopic (exact) mass is 421 g/mol. The number of thioether (sulfide) groups is 1. The minimum Gasteiger partial charge on any atom is -0.326 e. The van der Waals surface area contributed by atoms with Crippen LogP contribution in [0.5, 0.6) is 0 Å². The topological polar surface area (TPSA) is 61.8 Å². The lowest BCUT2D eigenvalue weighted by Crippen LogP contribution is -2.35. The number of nitrogens with one attached hydrogen (secondary N) is 1. The summed E-state index contributed by atoms with van der Waals surface area (Å²) in [5.74, 6) is -0.135. The number of amidine groups is 1. The van der Waals surface area contributed by atoms with Crippen LogP contribution >= 0.6 is 11.8 Å². The fourth-order valence-electron chi connectivity index (χ4n) is 3.86. The van der Waals surface area contributed by atoms with Crippen molar-refractivity contribution in [1.82, 2.24) is 4.90 Å². The van der Waals surface area contributed by atoms with Crippen LogP contribution in [0.3, 0.4) is 0 Å². The van der Waals surface area contributed by atoms with Gasteiger partial charge in [0, 0.05) is 18.2 Å². The Balaban J connectivity index is 1.53. The lowest BCUT2D eigenvalue weighted by molar-refractivity contribution is -0.128. The van der Waals surface area contributed by atoms with Crippen LogP contribution in [0, 0.1) is 27.7 Å². The van der Waals surface area contributed by atoms with E-state index in [-0.39, 0.29) is 24.3 Å². The number of anilines is 1. The number of hydrogen-bond acceptors (Lipinski definition) is 4. The second-order valence-corrected chi connectivity index (χ2v) is 9.48. The van der Waals surface area contributed by atoms with Crippen LogP contribution in [0.4, 0.5) is 11.4 Å². The Morgan fingerprint density at radius 1 is 1.10 bits per heavy atom. The summed E-state index contributed by atoms with van der Waals surface area (Å²) in [6.45, 7) is 8.04. The fraction of sp³-hybridized carbons (Fsp3) is 0.375. The molecule has 1 saturated carbocycles. The van der Waals surface area contributed by atoms with Crippen molar-refractivity contribution >= 4 is 40.1 Å². The van der Waals surface area contributed by atoms with Crippen LogP contribution in [0.1, 0.15) is 41.5 Å². The van der Waals surface area contributed by atoms with E-state index >= 15 is 0 Å². The molecule has 1 heterocycles. The molecule has 5 nitrogen and oxygen atoms in total. The van der Waals surface area contributed by atoms with Gasteiger partial charge in [-0.15, -0.1) is 0 Å². The summed E-state index contributed by atoms with van der Waals surface area (Å²) >= 11 is 1.41. The van der Waals surface area contributed by atoms with Gasteiger partial charge in [-0.1, -0.05) is 36.0 Å². The molecular weight excluding hydrogens is 394 g/mol. The second kappa shape index (κ2) is 8.26. The maximum atomic E-state index is 13.1. The first-order valence-corrected chi connectivity index (χ1v) is 11.2. The van der Waals surface area contributed by atoms with Gasteiger partial charge < -0.3 is 5.32 Å². The number of nitrogens with zero attached hydrogens (tertiary/aromatic N) is 2. The van der Waals surface area contributed by atoms with Crippen LogP contribution < -0.4 is 5.32 Å². The molecule has 1 aliphatic carbocycles.